The van der Waals surface area contributed by atoms with Gasteiger partial charge in [0.15, 0.2) is 0 Å². The van der Waals surface area contributed by atoms with Gasteiger partial charge in [0.25, 0.3) is 5.56 Å². The van der Waals surface area contributed by atoms with E-state index in [1.54, 1.807) is 6.92 Å². The first kappa shape index (κ1) is 9.63. The molecule has 1 aromatic heterocycles. The molecule has 0 fully saturated rings. The molecule has 0 radical (unpaired) electrons. The summed E-state index contributed by atoms with van der Waals surface area (Å²) >= 11 is 0. The van der Waals surface area contributed by atoms with E-state index < -0.39 is 17.8 Å². The zero-order chi connectivity index (χ0) is 10.0. The molecule has 0 unspecified atom stereocenters. The van der Waals surface area contributed by atoms with Crippen molar-refractivity contribution in [3.8, 4) is 0 Å². The molecule has 6 heteroatoms. The third kappa shape index (κ3) is 1.66. The van der Waals surface area contributed by atoms with E-state index in [0.717, 1.165) is 10.6 Å². The van der Waals surface area contributed by atoms with Gasteiger partial charge >= 0.3 is 12.2 Å². The summed E-state index contributed by atoms with van der Waals surface area (Å²) in [7, 11) is 0. The molecule has 0 spiro atoms. The first-order valence-electron chi connectivity index (χ1n) is 3.68. The predicted molar refractivity (Wildman–Crippen MR) is 41.9 cm³/mol. The van der Waals surface area contributed by atoms with E-state index >= 15 is 0 Å². The molecular formula is C7H8F2N2O2. The molecule has 0 aliphatic carbocycles. The number of alkyl halides is 2. The standard InChI is InChI=1S/C7H8F2N2O2/c1-2-10-4-3-5(12)11(6(8)9)7(10)13/h3-4,6H,2H2,1H3. The van der Waals surface area contributed by atoms with Gasteiger partial charge in [-0.3, -0.25) is 4.79 Å². The number of aryl methyl sites for hydroxylation is 1. The van der Waals surface area contributed by atoms with Crippen LogP contribution < -0.4 is 11.2 Å². The molecule has 0 saturated heterocycles. The molecule has 13 heavy (non-hydrogen) atoms. The zero-order valence-corrected chi connectivity index (χ0v) is 6.91. The van der Waals surface area contributed by atoms with E-state index in [4.69, 9.17) is 0 Å². The van der Waals surface area contributed by atoms with Crippen molar-refractivity contribution in [1.82, 2.24) is 9.13 Å². The van der Waals surface area contributed by atoms with Crippen LogP contribution in [0.3, 0.4) is 0 Å². The largest absolute Gasteiger partial charge is 0.335 e. The van der Waals surface area contributed by atoms with Crippen LogP contribution in [0.5, 0.6) is 0 Å². The first-order chi connectivity index (χ1) is 6.07. The number of halogens is 2. The zero-order valence-electron chi connectivity index (χ0n) is 6.91. The molecule has 4 nitrogen and oxygen atoms in total. The quantitative estimate of drug-likeness (QED) is 0.678. The second-order valence-electron chi connectivity index (χ2n) is 2.37. The van der Waals surface area contributed by atoms with E-state index in [1.807, 2.05) is 0 Å². The summed E-state index contributed by atoms with van der Waals surface area (Å²) < 4.78 is 25.3. The van der Waals surface area contributed by atoms with Crippen LogP contribution in [0.15, 0.2) is 21.9 Å². The fourth-order valence-corrected chi connectivity index (χ4v) is 0.951. The smallest absolute Gasteiger partial charge is 0.301 e. The van der Waals surface area contributed by atoms with Crippen molar-refractivity contribution in [3.05, 3.63) is 33.1 Å². The second-order valence-corrected chi connectivity index (χ2v) is 2.37. The minimum atomic E-state index is -3.08. The van der Waals surface area contributed by atoms with Gasteiger partial charge in [0, 0.05) is 18.8 Å². The molecule has 0 atom stereocenters. The Hall–Kier alpha value is -1.46. The lowest BCUT2D eigenvalue weighted by Crippen LogP contribution is -2.39. The summed E-state index contributed by atoms with van der Waals surface area (Å²) in [6.45, 7) is -1.20. The van der Waals surface area contributed by atoms with E-state index in [9.17, 15) is 18.4 Å². The van der Waals surface area contributed by atoms with Gasteiger partial charge in [-0.05, 0) is 6.92 Å². The maximum absolute atomic E-state index is 12.2. The van der Waals surface area contributed by atoms with Crippen molar-refractivity contribution >= 4 is 0 Å². The summed E-state index contributed by atoms with van der Waals surface area (Å²) in [5, 5.41) is 0. The maximum atomic E-state index is 12.2. The number of hydrogen-bond acceptors (Lipinski definition) is 2. The monoisotopic (exact) mass is 190 g/mol. The van der Waals surface area contributed by atoms with Crippen molar-refractivity contribution in [2.45, 2.75) is 20.0 Å². The van der Waals surface area contributed by atoms with Gasteiger partial charge in [-0.1, -0.05) is 0 Å². The van der Waals surface area contributed by atoms with E-state index in [0.29, 0.717) is 0 Å². The minimum Gasteiger partial charge on any atom is -0.301 e. The highest BCUT2D eigenvalue weighted by Gasteiger charge is 2.12. The molecule has 72 valence electrons. The van der Waals surface area contributed by atoms with Gasteiger partial charge in [0.2, 0.25) is 0 Å². The Kier molecular flexibility index (Phi) is 2.60. The van der Waals surface area contributed by atoms with E-state index in [2.05, 4.69) is 0 Å². The molecule has 0 aromatic carbocycles. The van der Waals surface area contributed by atoms with Gasteiger partial charge < -0.3 is 4.57 Å². The molecule has 0 aliphatic heterocycles. The maximum Gasteiger partial charge on any atom is 0.335 e. The van der Waals surface area contributed by atoms with Crippen LogP contribution in [-0.4, -0.2) is 9.13 Å². The van der Waals surface area contributed by atoms with Crippen LogP contribution in [-0.2, 0) is 6.54 Å². The Morgan fingerprint density at radius 3 is 2.54 bits per heavy atom. The van der Waals surface area contributed by atoms with Crippen molar-refractivity contribution in [2.75, 3.05) is 0 Å². The highest BCUT2D eigenvalue weighted by molar-refractivity contribution is 4.86. The SMILES string of the molecule is CCn1ccc(=O)n(C(F)F)c1=O. The summed E-state index contributed by atoms with van der Waals surface area (Å²) in [5.41, 5.74) is -1.96. The third-order valence-corrected chi connectivity index (χ3v) is 1.62. The van der Waals surface area contributed by atoms with E-state index in [1.165, 1.54) is 6.20 Å². The van der Waals surface area contributed by atoms with Crippen molar-refractivity contribution < 1.29 is 8.78 Å². The topological polar surface area (TPSA) is 44.0 Å². The molecule has 0 amide bonds. The lowest BCUT2D eigenvalue weighted by Gasteiger charge is -2.05. The van der Waals surface area contributed by atoms with Crippen LogP contribution in [0.4, 0.5) is 8.78 Å². The summed E-state index contributed by atoms with van der Waals surface area (Å²) in [5.74, 6) is 0. The van der Waals surface area contributed by atoms with Gasteiger partial charge in [-0.2, -0.15) is 8.78 Å². The third-order valence-electron chi connectivity index (χ3n) is 1.62. The highest BCUT2D eigenvalue weighted by atomic mass is 19.3. The number of nitrogens with zero attached hydrogens (tertiary/aromatic N) is 2. The van der Waals surface area contributed by atoms with E-state index in [-0.39, 0.29) is 11.1 Å². The Morgan fingerprint density at radius 1 is 1.46 bits per heavy atom. The average molecular weight is 190 g/mol. The molecule has 1 rings (SSSR count). The normalized spacial score (nSPS) is 10.8. The molecule has 0 aliphatic rings. The van der Waals surface area contributed by atoms with Crippen LogP contribution in [0.1, 0.15) is 13.5 Å². The fraction of sp³-hybridized carbons (Fsp3) is 0.429. The van der Waals surface area contributed by atoms with Crippen LogP contribution in [0.2, 0.25) is 0 Å². The molecule has 0 N–H and O–H groups in total. The number of rotatable bonds is 2. The number of aromatic nitrogens is 2. The number of hydrogen-bond donors (Lipinski definition) is 0. The van der Waals surface area contributed by atoms with Crippen LogP contribution >= 0.6 is 0 Å². The minimum absolute atomic E-state index is 0.0799. The summed E-state index contributed by atoms with van der Waals surface area (Å²) in [4.78, 5) is 21.9. The molecule has 1 heterocycles. The summed E-state index contributed by atoms with van der Waals surface area (Å²) in [6, 6.07) is 0.942. The van der Waals surface area contributed by atoms with Crippen molar-refractivity contribution in [1.29, 1.82) is 0 Å². The van der Waals surface area contributed by atoms with Crippen molar-refractivity contribution in [3.63, 3.8) is 0 Å². The van der Waals surface area contributed by atoms with Crippen molar-refractivity contribution in [2.24, 2.45) is 0 Å². The Morgan fingerprint density at radius 2 is 2.08 bits per heavy atom. The Bertz CT molecular complexity index is 408. The molecular weight excluding hydrogens is 182 g/mol. The summed E-state index contributed by atoms with van der Waals surface area (Å²) in [6.07, 6.45) is 1.20. The van der Waals surface area contributed by atoms with Gasteiger partial charge in [0.05, 0.1) is 0 Å². The first-order valence-corrected chi connectivity index (χ1v) is 3.68. The highest BCUT2D eigenvalue weighted by Crippen LogP contribution is 2.01. The Labute approximate surface area is 72.0 Å². The fourth-order valence-electron chi connectivity index (χ4n) is 0.951. The predicted octanol–water partition coefficient (Wildman–Crippen LogP) is 0.425. The lowest BCUT2D eigenvalue weighted by atomic mass is 10.6. The van der Waals surface area contributed by atoms with Gasteiger partial charge in [0.1, 0.15) is 0 Å². The molecule has 0 bridgehead atoms. The van der Waals surface area contributed by atoms with Gasteiger partial charge in [-0.15, -0.1) is 0 Å². The molecule has 1 aromatic rings. The van der Waals surface area contributed by atoms with Crippen LogP contribution in [0.25, 0.3) is 0 Å². The Balaban J connectivity index is 3.49. The second kappa shape index (κ2) is 3.51. The average Bonchev–Trinajstić information content (AvgIpc) is 2.04. The lowest BCUT2D eigenvalue weighted by molar-refractivity contribution is 0.0596. The van der Waals surface area contributed by atoms with Gasteiger partial charge in [-0.25, -0.2) is 9.36 Å². The van der Waals surface area contributed by atoms with Crippen LogP contribution in [0, 0.1) is 0 Å². The molecule has 0 saturated carbocycles.